The van der Waals surface area contributed by atoms with Crippen LogP contribution in [0.25, 0.3) is 11.1 Å². The predicted octanol–water partition coefficient (Wildman–Crippen LogP) is 4.56. The molecule has 0 aliphatic carbocycles. The fourth-order valence-corrected chi connectivity index (χ4v) is 3.11. The number of aromatic nitrogens is 2. The molecule has 0 amide bonds. The van der Waals surface area contributed by atoms with E-state index in [0.29, 0.717) is 18.4 Å². The Kier molecular flexibility index (Phi) is 4.78. The second kappa shape index (κ2) is 7.53. The molecule has 0 saturated carbocycles. The molecule has 3 N–H and O–H groups in total. The van der Waals surface area contributed by atoms with Gasteiger partial charge in [-0.2, -0.15) is 4.98 Å². The number of hydrogen-bond donors (Lipinski definition) is 3. The Morgan fingerprint density at radius 1 is 1.04 bits per heavy atom. The van der Waals surface area contributed by atoms with Crippen LogP contribution >= 0.6 is 0 Å². The van der Waals surface area contributed by atoms with Gasteiger partial charge in [0.1, 0.15) is 17.7 Å². The summed E-state index contributed by atoms with van der Waals surface area (Å²) in [5, 5.41) is 17.2. The van der Waals surface area contributed by atoms with Crippen LogP contribution in [0.2, 0.25) is 0 Å². The molecule has 6 nitrogen and oxygen atoms in total. The van der Waals surface area contributed by atoms with E-state index in [9.17, 15) is 5.11 Å². The zero-order chi connectivity index (χ0) is 18.6. The molecule has 27 heavy (non-hydrogen) atoms. The molecule has 0 spiro atoms. The first-order valence-electron chi connectivity index (χ1n) is 9.16. The van der Waals surface area contributed by atoms with Crippen LogP contribution in [-0.2, 0) is 0 Å². The normalized spacial score (nSPS) is 14.9. The fourth-order valence-electron chi connectivity index (χ4n) is 3.11. The number of para-hydroxylation sites is 2. The van der Waals surface area contributed by atoms with E-state index in [4.69, 9.17) is 4.74 Å². The van der Waals surface area contributed by atoms with Gasteiger partial charge in [-0.25, -0.2) is 4.98 Å². The maximum Gasteiger partial charge on any atom is 0.318 e. The summed E-state index contributed by atoms with van der Waals surface area (Å²) in [5.41, 5.74) is 3.57. The second-order valence-electron chi connectivity index (χ2n) is 6.44. The van der Waals surface area contributed by atoms with E-state index in [0.717, 1.165) is 35.2 Å². The Bertz CT molecular complexity index is 945. The maximum atomic E-state index is 10.3. The van der Waals surface area contributed by atoms with E-state index >= 15 is 0 Å². The molecule has 1 unspecified atom stereocenters. The number of phenols is 1. The Hall–Kier alpha value is -3.28. The Labute approximate surface area is 158 Å². The molecule has 0 fully saturated rings. The highest BCUT2D eigenvalue weighted by molar-refractivity contribution is 5.86. The molecule has 1 aromatic heterocycles. The number of hydrogen-bond acceptors (Lipinski definition) is 6. The lowest BCUT2D eigenvalue weighted by molar-refractivity contribution is 0.286. The summed E-state index contributed by atoms with van der Waals surface area (Å²) >= 11 is 0. The van der Waals surface area contributed by atoms with Crippen molar-refractivity contribution in [2.24, 2.45) is 0 Å². The van der Waals surface area contributed by atoms with Crippen molar-refractivity contribution in [2.45, 2.75) is 25.9 Å². The monoisotopic (exact) mass is 362 g/mol. The number of anilines is 2. The molecule has 1 atom stereocenters. The molecule has 0 saturated heterocycles. The number of rotatable bonds is 5. The molecule has 1 aliphatic rings. The number of benzene rings is 2. The highest BCUT2D eigenvalue weighted by atomic mass is 16.5. The third-order valence-corrected chi connectivity index (χ3v) is 4.54. The van der Waals surface area contributed by atoms with E-state index in [1.807, 2.05) is 36.4 Å². The van der Waals surface area contributed by atoms with Crippen molar-refractivity contribution in [1.82, 2.24) is 9.97 Å². The van der Waals surface area contributed by atoms with E-state index in [-0.39, 0.29) is 11.9 Å². The molecule has 3 aromatic rings. The first kappa shape index (κ1) is 17.1. The lowest BCUT2D eigenvalue weighted by atomic mass is 10.1. The highest BCUT2D eigenvalue weighted by Gasteiger charge is 2.24. The first-order chi connectivity index (χ1) is 13.3. The van der Waals surface area contributed by atoms with Crippen molar-refractivity contribution in [3.8, 4) is 22.9 Å². The molecular weight excluding hydrogens is 340 g/mol. The van der Waals surface area contributed by atoms with Crippen LogP contribution in [0.15, 0.2) is 54.7 Å². The van der Waals surface area contributed by atoms with Gasteiger partial charge in [-0.05, 0) is 18.6 Å². The Balaban J connectivity index is 1.76. The first-order valence-corrected chi connectivity index (χ1v) is 9.16. The summed E-state index contributed by atoms with van der Waals surface area (Å²) in [6.45, 7) is 2.70. The summed E-state index contributed by atoms with van der Waals surface area (Å²) in [6.07, 6.45) is 3.45. The third kappa shape index (κ3) is 3.51. The average Bonchev–Trinajstić information content (AvgIpc) is 2.85. The molecule has 0 bridgehead atoms. The zero-order valence-corrected chi connectivity index (χ0v) is 15.1. The van der Waals surface area contributed by atoms with Gasteiger partial charge >= 0.3 is 6.01 Å². The van der Waals surface area contributed by atoms with Gasteiger partial charge in [0.15, 0.2) is 0 Å². The van der Waals surface area contributed by atoms with E-state index < -0.39 is 0 Å². The Morgan fingerprint density at radius 2 is 1.85 bits per heavy atom. The number of aromatic hydroxyl groups is 1. The summed E-state index contributed by atoms with van der Waals surface area (Å²) in [7, 11) is 0. The predicted molar refractivity (Wildman–Crippen MR) is 106 cm³/mol. The van der Waals surface area contributed by atoms with Gasteiger partial charge in [-0.3, -0.25) is 0 Å². The lowest BCUT2D eigenvalue weighted by Gasteiger charge is -2.21. The molecule has 0 radical (unpaired) electrons. The van der Waals surface area contributed by atoms with Gasteiger partial charge in [0.25, 0.3) is 0 Å². The topological polar surface area (TPSA) is 79.3 Å². The fraction of sp³-hybridized carbons (Fsp3) is 0.238. The summed E-state index contributed by atoms with van der Waals surface area (Å²) < 4.78 is 5.67. The largest absolute Gasteiger partial charge is 0.508 e. The van der Waals surface area contributed by atoms with Crippen molar-refractivity contribution >= 4 is 11.5 Å². The van der Waals surface area contributed by atoms with Crippen molar-refractivity contribution in [2.75, 3.05) is 17.2 Å². The average molecular weight is 362 g/mol. The van der Waals surface area contributed by atoms with Crippen LogP contribution in [-0.4, -0.2) is 21.7 Å². The van der Waals surface area contributed by atoms with Gasteiger partial charge in [0.2, 0.25) is 0 Å². The van der Waals surface area contributed by atoms with E-state index in [1.54, 1.807) is 18.3 Å². The molecular formula is C21H22N4O2. The number of phenolic OH excluding ortho intramolecular Hbond substituents is 1. The molecule has 6 heteroatoms. The van der Waals surface area contributed by atoms with Gasteiger partial charge in [0, 0.05) is 28.6 Å². The molecule has 2 aromatic carbocycles. The van der Waals surface area contributed by atoms with Gasteiger partial charge in [0.05, 0.1) is 6.61 Å². The molecule has 2 heterocycles. The van der Waals surface area contributed by atoms with Gasteiger partial charge in [-0.1, -0.05) is 49.7 Å². The minimum atomic E-state index is -0.341. The lowest BCUT2D eigenvalue weighted by Crippen LogP contribution is -2.19. The van der Waals surface area contributed by atoms with Crippen molar-refractivity contribution in [1.29, 1.82) is 0 Å². The molecule has 1 aliphatic heterocycles. The van der Waals surface area contributed by atoms with Gasteiger partial charge in [-0.15, -0.1) is 0 Å². The number of ether oxygens (including phenoxy) is 1. The minimum Gasteiger partial charge on any atom is -0.508 e. The SMILES string of the molecule is CCCCOc1ncc2c(n1)NC(c1ccccc1O)Nc1ccccc1-2. The van der Waals surface area contributed by atoms with Crippen LogP contribution in [0, 0.1) is 0 Å². The summed E-state index contributed by atoms with van der Waals surface area (Å²) in [4.78, 5) is 8.95. The zero-order valence-electron chi connectivity index (χ0n) is 15.1. The van der Waals surface area contributed by atoms with E-state index in [1.165, 1.54) is 0 Å². The number of unbranched alkanes of at least 4 members (excludes halogenated alkanes) is 1. The van der Waals surface area contributed by atoms with Crippen LogP contribution in [0.1, 0.15) is 31.5 Å². The standard InChI is InChI=1S/C21H22N4O2/c1-2-3-12-27-21-22-13-16-14-8-4-6-10-17(14)23-19(24-20(16)25-21)15-9-5-7-11-18(15)26/h4-11,13,19,23,26H,2-3,12H2,1H3,(H,22,24,25). The van der Waals surface area contributed by atoms with Crippen molar-refractivity contribution in [3.63, 3.8) is 0 Å². The smallest absolute Gasteiger partial charge is 0.318 e. The van der Waals surface area contributed by atoms with Crippen LogP contribution in [0.3, 0.4) is 0 Å². The van der Waals surface area contributed by atoms with Crippen molar-refractivity contribution in [3.05, 3.63) is 60.3 Å². The quantitative estimate of drug-likeness (QED) is 0.577. The van der Waals surface area contributed by atoms with Crippen LogP contribution in [0.5, 0.6) is 11.8 Å². The van der Waals surface area contributed by atoms with E-state index in [2.05, 4.69) is 27.5 Å². The van der Waals surface area contributed by atoms with Crippen LogP contribution in [0.4, 0.5) is 11.5 Å². The Morgan fingerprint density at radius 3 is 2.70 bits per heavy atom. The molecule has 4 rings (SSSR count). The molecule has 138 valence electrons. The minimum absolute atomic E-state index is 0.219. The summed E-state index contributed by atoms with van der Waals surface area (Å²) in [6, 6.07) is 15.6. The highest BCUT2D eigenvalue weighted by Crippen LogP contribution is 2.40. The third-order valence-electron chi connectivity index (χ3n) is 4.54. The number of nitrogens with zero attached hydrogens (tertiary/aromatic N) is 2. The number of nitrogens with one attached hydrogen (secondary N) is 2. The second-order valence-corrected chi connectivity index (χ2v) is 6.44. The van der Waals surface area contributed by atoms with Gasteiger partial charge < -0.3 is 20.5 Å². The van der Waals surface area contributed by atoms with Crippen LogP contribution < -0.4 is 15.4 Å². The summed E-state index contributed by atoms with van der Waals surface area (Å²) in [5.74, 6) is 0.888. The van der Waals surface area contributed by atoms with Crippen molar-refractivity contribution < 1.29 is 9.84 Å². The maximum absolute atomic E-state index is 10.3. The number of fused-ring (bicyclic) bond motifs is 3.